The number of nitrogens with zero attached hydrogens (tertiary/aromatic N) is 1. The number of hydrogen-bond donors (Lipinski definition) is 0. The van der Waals surface area contributed by atoms with Gasteiger partial charge < -0.3 is 0 Å². The van der Waals surface area contributed by atoms with Crippen LogP contribution in [0.3, 0.4) is 0 Å². The molecular formula is C18H37LiN. The fourth-order valence-electron chi connectivity index (χ4n) is 2.40. The molecule has 0 saturated carbocycles. The molecule has 0 aromatic rings. The summed E-state index contributed by atoms with van der Waals surface area (Å²) in [5.74, 6) is 0. The van der Waals surface area contributed by atoms with Gasteiger partial charge in [-0.2, -0.15) is 0 Å². The topological polar surface area (TPSA) is 3.24 Å². The second-order valence-corrected chi connectivity index (χ2v) is 5.60. The Hall–Kier alpha value is 0.297. The van der Waals surface area contributed by atoms with Gasteiger partial charge in [0.1, 0.15) is 0 Å². The number of unbranched alkanes of at least 4 members (excludes halogenated alkanes) is 8. The second-order valence-electron chi connectivity index (χ2n) is 5.60. The molecule has 0 atom stereocenters. The van der Waals surface area contributed by atoms with Crippen molar-refractivity contribution in [3.8, 4) is 0 Å². The van der Waals surface area contributed by atoms with Crippen molar-refractivity contribution < 1.29 is 0 Å². The molecule has 0 unspecified atom stereocenters. The van der Waals surface area contributed by atoms with Crippen molar-refractivity contribution in [1.29, 1.82) is 0 Å². The van der Waals surface area contributed by atoms with Crippen LogP contribution in [0, 0.1) is 6.92 Å². The Morgan fingerprint density at radius 2 is 1.20 bits per heavy atom. The van der Waals surface area contributed by atoms with Gasteiger partial charge in [0.15, 0.2) is 0 Å². The van der Waals surface area contributed by atoms with E-state index >= 15 is 0 Å². The molecule has 0 heterocycles. The summed E-state index contributed by atoms with van der Waals surface area (Å²) >= 11 is 0. The molecule has 2 heteroatoms. The van der Waals surface area contributed by atoms with E-state index in [1.54, 1.807) is 0 Å². The van der Waals surface area contributed by atoms with Gasteiger partial charge in [-0.15, -0.1) is 0 Å². The summed E-state index contributed by atoms with van der Waals surface area (Å²) in [6.07, 6.45) is 17.9. The minimum atomic E-state index is 0. The van der Waals surface area contributed by atoms with Crippen molar-refractivity contribution in [3.05, 3.63) is 19.1 Å². The van der Waals surface area contributed by atoms with Gasteiger partial charge in [-0.25, -0.2) is 0 Å². The van der Waals surface area contributed by atoms with Crippen molar-refractivity contribution in [3.63, 3.8) is 0 Å². The van der Waals surface area contributed by atoms with E-state index < -0.39 is 0 Å². The van der Waals surface area contributed by atoms with Crippen molar-refractivity contribution in [2.45, 2.75) is 78.1 Å². The van der Waals surface area contributed by atoms with E-state index in [1.807, 2.05) is 6.08 Å². The Kier molecular flexibility index (Phi) is 21.8. The molecule has 0 fully saturated rings. The molecule has 0 aliphatic carbocycles. The average molecular weight is 274 g/mol. The molecule has 1 nitrogen and oxygen atoms in total. The maximum absolute atomic E-state index is 3.79. The Balaban J connectivity index is 0. The minimum absolute atomic E-state index is 0. The first-order valence-electron chi connectivity index (χ1n) is 8.51. The number of rotatable bonds is 14. The molecular weight excluding hydrogens is 237 g/mol. The van der Waals surface area contributed by atoms with Crippen LogP contribution in [0.5, 0.6) is 0 Å². The van der Waals surface area contributed by atoms with Crippen LogP contribution in [0.4, 0.5) is 0 Å². The molecule has 20 heavy (non-hydrogen) atoms. The molecule has 0 rings (SSSR count). The molecule has 0 aliphatic heterocycles. The first-order chi connectivity index (χ1) is 9.35. The standard InChI is InChI=1S/C18H36N.Li.H/c1-4-7-10-12-14-17-19(16-9-6-3)18-15-13-11-8-5-2;;/h6,9H,3-5,7-8,10-18H2,1-2H3;;. The summed E-state index contributed by atoms with van der Waals surface area (Å²) in [7, 11) is 0. The van der Waals surface area contributed by atoms with Gasteiger partial charge in [-0.1, -0.05) is 77.4 Å². The fraction of sp³-hybridized carbons (Fsp3) is 0.833. The summed E-state index contributed by atoms with van der Waals surface area (Å²) in [6, 6.07) is 0. The Bertz CT molecular complexity index is 178. The van der Waals surface area contributed by atoms with Crippen LogP contribution >= 0.6 is 0 Å². The molecule has 0 saturated heterocycles. The molecule has 0 aliphatic rings. The van der Waals surface area contributed by atoms with Crippen molar-refractivity contribution in [2.75, 3.05) is 19.6 Å². The SMILES string of the molecule is [CH2]C=CCN(CCCCCCC)CCCCCCC.[LiH]. The molecule has 0 N–H and O–H groups in total. The van der Waals surface area contributed by atoms with E-state index in [-0.39, 0.29) is 18.9 Å². The maximum atomic E-state index is 3.79. The van der Waals surface area contributed by atoms with Crippen LogP contribution in [-0.2, 0) is 0 Å². The van der Waals surface area contributed by atoms with E-state index in [0.29, 0.717) is 0 Å². The summed E-state index contributed by atoms with van der Waals surface area (Å²) in [5.41, 5.74) is 0. The van der Waals surface area contributed by atoms with Gasteiger partial charge in [0.25, 0.3) is 0 Å². The van der Waals surface area contributed by atoms with Gasteiger partial charge in [0.2, 0.25) is 0 Å². The van der Waals surface area contributed by atoms with Crippen molar-refractivity contribution >= 4 is 18.9 Å². The van der Waals surface area contributed by atoms with Crippen LogP contribution < -0.4 is 0 Å². The van der Waals surface area contributed by atoms with Crippen molar-refractivity contribution in [1.82, 2.24) is 4.90 Å². The van der Waals surface area contributed by atoms with Gasteiger partial charge in [-0.3, -0.25) is 4.90 Å². The van der Waals surface area contributed by atoms with Crippen LogP contribution in [0.25, 0.3) is 0 Å². The van der Waals surface area contributed by atoms with Crippen molar-refractivity contribution in [2.24, 2.45) is 0 Å². The zero-order valence-electron chi connectivity index (χ0n) is 13.5. The van der Waals surface area contributed by atoms with Crippen LogP contribution in [0.15, 0.2) is 12.2 Å². The van der Waals surface area contributed by atoms with Crippen LogP contribution in [0.1, 0.15) is 78.1 Å². The quantitative estimate of drug-likeness (QED) is 0.319. The Morgan fingerprint density at radius 1 is 0.750 bits per heavy atom. The van der Waals surface area contributed by atoms with E-state index in [0.717, 1.165) is 6.54 Å². The van der Waals surface area contributed by atoms with Gasteiger partial charge in [0, 0.05) is 6.54 Å². The molecule has 115 valence electrons. The van der Waals surface area contributed by atoms with E-state index in [1.165, 1.54) is 77.3 Å². The summed E-state index contributed by atoms with van der Waals surface area (Å²) in [6.45, 7) is 12.0. The molecule has 1 radical (unpaired) electrons. The van der Waals surface area contributed by atoms with Crippen LogP contribution in [-0.4, -0.2) is 43.4 Å². The summed E-state index contributed by atoms with van der Waals surface area (Å²) in [4.78, 5) is 2.60. The second kappa shape index (κ2) is 19.3. The third kappa shape index (κ3) is 16.4. The van der Waals surface area contributed by atoms with Gasteiger partial charge in [-0.05, 0) is 32.9 Å². The Morgan fingerprint density at radius 3 is 1.60 bits per heavy atom. The zero-order chi connectivity index (χ0) is 14.2. The molecule has 0 bridgehead atoms. The predicted octanol–water partition coefficient (Wildman–Crippen LogP) is 4.97. The first kappa shape index (κ1) is 22.6. The third-order valence-corrected chi connectivity index (χ3v) is 3.69. The van der Waals surface area contributed by atoms with Crippen LogP contribution in [0.2, 0.25) is 0 Å². The first-order valence-corrected chi connectivity index (χ1v) is 8.51. The van der Waals surface area contributed by atoms with Gasteiger partial charge >= 0.3 is 18.9 Å². The average Bonchev–Trinajstić information content (AvgIpc) is 2.43. The van der Waals surface area contributed by atoms with Gasteiger partial charge in [0.05, 0.1) is 0 Å². The molecule has 0 aromatic carbocycles. The zero-order valence-corrected chi connectivity index (χ0v) is 13.5. The molecule has 0 spiro atoms. The fourth-order valence-corrected chi connectivity index (χ4v) is 2.40. The monoisotopic (exact) mass is 274 g/mol. The summed E-state index contributed by atoms with van der Waals surface area (Å²) < 4.78 is 0. The van der Waals surface area contributed by atoms with E-state index in [9.17, 15) is 0 Å². The number of allylic oxidation sites excluding steroid dienone is 1. The van der Waals surface area contributed by atoms with E-state index in [2.05, 4.69) is 31.7 Å². The predicted molar refractivity (Wildman–Crippen MR) is 95.6 cm³/mol. The third-order valence-electron chi connectivity index (χ3n) is 3.69. The van der Waals surface area contributed by atoms with E-state index in [4.69, 9.17) is 0 Å². The summed E-state index contributed by atoms with van der Waals surface area (Å²) in [5, 5.41) is 0. The molecule has 0 amide bonds. The normalized spacial score (nSPS) is 11.2. The Labute approximate surface area is 140 Å². The number of hydrogen-bond acceptors (Lipinski definition) is 1. The molecule has 0 aromatic heterocycles.